The number of benzene rings is 2. The van der Waals surface area contributed by atoms with Gasteiger partial charge in [0, 0.05) is 23.3 Å². The van der Waals surface area contributed by atoms with Crippen LogP contribution >= 0.6 is 0 Å². The van der Waals surface area contributed by atoms with Gasteiger partial charge in [-0.3, -0.25) is 10.1 Å². The van der Waals surface area contributed by atoms with Crippen LogP contribution in [-0.4, -0.2) is 21.3 Å². The Bertz CT molecular complexity index is 1190. The summed E-state index contributed by atoms with van der Waals surface area (Å²) in [4.78, 5) is 11.0. The zero-order valence-electron chi connectivity index (χ0n) is 16.3. The highest BCUT2D eigenvalue weighted by Crippen LogP contribution is 2.53. The third kappa shape index (κ3) is 2.40. The molecule has 3 aromatic rings. The molecule has 0 fully saturated rings. The van der Waals surface area contributed by atoms with E-state index >= 15 is 0 Å². The molecule has 2 aliphatic heterocycles. The number of ether oxygens (including phenoxy) is 2. The number of aryl methyl sites for hydroxylation is 2. The van der Waals surface area contributed by atoms with E-state index in [0.717, 1.165) is 33.6 Å². The molecule has 7 nitrogen and oxygen atoms in total. The minimum atomic E-state index is -0.625. The first-order valence-electron chi connectivity index (χ1n) is 9.34. The number of aromatic nitrogens is 2. The minimum absolute atomic E-state index is 0.0337. The summed E-state index contributed by atoms with van der Waals surface area (Å²) in [7, 11) is 0. The number of non-ortho nitro benzene ring substituents is 1. The first-order valence-corrected chi connectivity index (χ1v) is 9.34. The van der Waals surface area contributed by atoms with Crippen LogP contribution in [0.5, 0.6) is 11.6 Å². The fourth-order valence-corrected chi connectivity index (χ4v) is 4.25. The van der Waals surface area contributed by atoms with Crippen molar-refractivity contribution in [2.45, 2.75) is 26.2 Å². The highest BCUT2D eigenvalue weighted by atomic mass is 16.6. The average molecular weight is 389 g/mol. The molecule has 0 spiro atoms. The summed E-state index contributed by atoms with van der Waals surface area (Å²) in [6.45, 7) is 6.38. The molecule has 2 aliphatic rings. The largest absolute Gasteiger partial charge is 0.489 e. The van der Waals surface area contributed by atoms with Crippen molar-refractivity contribution in [2.75, 3.05) is 6.61 Å². The Balaban J connectivity index is 1.75. The molecule has 2 aromatic carbocycles. The average Bonchev–Trinajstić information content (AvgIpc) is 3.05. The number of fused-ring (bicyclic) bond motifs is 5. The maximum Gasteiger partial charge on any atom is 0.270 e. The Kier molecular flexibility index (Phi) is 3.58. The van der Waals surface area contributed by atoms with Crippen LogP contribution in [0, 0.1) is 24.0 Å². The molecule has 0 saturated carbocycles. The van der Waals surface area contributed by atoms with Crippen LogP contribution in [0.3, 0.4) is 0 Å². The van der Waals surface area contributed by atoms with Crippen LogP contribution in [-0.2, 0) is 5.41 Å². The number of hydrogen-bond donors (Lipinski definition) is 0. The molecule has 0 amide bonds. The van der Waals surface area contributed by atoms with Crippen LogP contribution in [0.25, 0.3) is 5.69 Å². The first kappa shape index (κ1) is 17.5. The second kappa shape index (κ2) is 5.94. The van der Waals surface area contributed by atoms with Crippen molar-refractivity contribution in [1.29, 1.82) is 0 Å². The van der Waals surface area contributed by atoms with Crippen molar-refractivity contribution in [3.05, 3.63) is 86.8 Å². The normalized spacial score (nSPS) is 19.2. The Labute approximate surface area is 167 Å². The minimum Gasteiger partial charge on any atom is -0.489 e. The van der Waals surface area contributed by atoms with Gasteiger partial charge in [0.2, 0.25) is 5.88 Å². The number of rotatable bonds is 2. The Morgan fingerprint density at radius 3 is 2.66 bits per heavy atom. The highest BCUT2D eigenvalue weighted by molar-refractivity contribution is 5.64. The molecule has 1 atom stereocenters. The van der Waals surface area contributed by atoms with Gasteiger partial charge in [0.1, 0.15) is 12.4 Å². The standard InChI is InChI=1S/C22H19N3O4/c1-13-4-6-16(7-5-13)24-21-20(14(2)23-24)22(3)15(12-29-21)11-28-19-9-8-17(25(26)27)10-18(19)22/h4-10,12H,11H2,1-3H3. The molecule has 0 aliphatic carbocycles. The van der Waals surface area contributed by atoms with E-state index in [-0.39, 0.29) is 10.6 Å². The highest BCUT2D eigenvalue weighted by Gasteiger charge is 2.47. The molecule has 1 unspecified atom stereocenters. The summed E-state index contributed by atoms with van der Waals surface area (Å²) in [6, 6.07) is 12.8. The van der Waals surface area contributed by atoms with Crippen molar-refractivity contribution >= 4 is 5.69 Å². The molecule has 29 heavy (non-hydrogen) atoms. The third-order valence-corrected chi connectivity index (χ3v) is 5.85. The van der Waals surface area contributed by atoms with Gasteiger partial charge in [-0.25, -0.2) is 4.68 Å². The van der Waals surface area contributed by atoms with E-state index in [1.165, 1.54) is 6.07 Å². The van der Waals surface area contributed by atoms with E-state index in [4.69, 9.17) is 14.6 Å². The maximum absolute atomic E-state index is 11.4. The number of hydrogen-bond acceptors (Lipinski definition) is 5. The van der Waals surface area contributed by atoms with Crippen molar-refractivity contribution in [3.8, 4) is 17.3 Å². The van der Waals surface area contributed by atoms with Gasteiger partial charge in [0.25, 0.3) is 5.69 Å². The van der Waals surface area contributed by atoms with Gasteiger partial charge in [-0.2, -0.15) is 5.10 Å². The summed E-state index contributed by atoms with van der Waals surface area (Å²) in [5.74, 6) is 1.27. The fraction of sp³-hybridized carbons (Fsp3) is 0.227. The van der Waals surface area contributed by atoms with E-state index in [1.54, 1.807) is 23.1 Å². The molecule has 0 bridgehead atoms. The van der Waals surface area contributed by atoms with E-state index in [9.17, 15) is 10.1 Å². The smallest absolute Gasteiger partial charge is 0.270 e. The quantitative estimate of drug-likeness (QED) is 0.480. The molecule has 0 N–H and O–H groups in total. The van der Waals surface area contributed by atoms with Gasteiger partial charge in [0.05, 0.1) is 33.5 Å². The molecule has 0 saturated heterocycles. The third-order valence-electron chi connectivity index (χ3n) is 5.85. The van der Waals surface area contributed by atoms with Crippen LogP contribution < -0.4 is 9.47 Å². The number of nitro groups is 1. The lowest BCUT2D eigenvalue weighted by Gasteiger charge is -2.40. The molecular weight excluding hydrogens is 370 g/mol. The van der Waals surface area contributed by atoms with Crippen LogP contribution in [0.2, 0.25) is 0 Å². The van der Waals surface area contributed by atoms with E-state index in [2.05, 4.69) is 6.92 Å². The van der Waals surface area contributed by atoms with Gasteiger partial charge in [-0.1, -0.05) is 17.7 Å². The van der Waals surface area contributed by atoms with E-state index in [1.807, 2.05) is 38.1 Å². The Morgan fingerprint density at radius 1 is 1.17 bits per heavy atom. The monoisotopic (exact) mass is 389 g/mol. The molecule has 3 heterocycles. The van der Waals surface area contributed by atoms with Gasteiger partial charge >= 0.3 is 0 Å². The Morgan fingerprint density at radius 2 is 1.93 bits per heavy atom. The Hall–Kier alpha value is -3.61. The summed E-state index contributed by atoms with van der Waals surface area (Å²) in [6.07, 6.45) is 1.69. The number of nitrogens with zero attached hydrogens (tertiary/aromatic N) is 3. The molecule has 1 aromatic heterocycles. The zero-order valence-corrected chi connectivity index (χ0v) is 16.3. The van der Waals surface area contributed by atoms with Gasteiger partial charge in [-0.05, 0) is 39.0 Å². The van der Waals surface area contributed by atoms with E-state index in [0.29, 0.717) is 18.2 Å². The summed E-state index contributed by atoms with van der Waals surface area (Å²) < 4.78 is 13.7. The zero-order chi connectivity index (χ0) is 20.3. The maximum atomic E-state index is 11.4. The lowest BCUT2D eigenvalue weighted by Crippen LogP contribution is -2.37. The fourth-order valence-electron chi connectivity index (χ4n) is 4.25. The summed E-state index contributed by atoms with van der Waals surface area (Å²) >= 11 is 0. The van der Waals surface area contributed by atoms with E-state index < -0.39 is 5.41 Å². The van der Waals surface area contributed by atoms with Gasteiger partial charge in [-0.15, -0.1) is 0 Å². The molecule has 0 radical (unpaired) electrons. The molecule has 5 rings (SSSR count). The predicted octanol–water partition coefficient (Wildman–Crippen LogP) is 4.37. The molecule has 7 heteroatoms. The topological polar surface area (TPSA) is 79.4 Å². The lowest BCUT2D eigenvalue weighted by atomic mass is 9.68. The second-order valence-electron chi connectivity index (χ2n) is 7.63. The van der Waals surface area contributed by atoms with Crippen molar-refractivity contribution in [3.63, 3.8) is 0 Å². The lowest BCUT2D eigenvalue weighted by molar-refractivity contribution is -0.385. The second-order valence-corrected chi connectivity index (χ2v) is 7.63. The summed E-state index contributed by atoms with van der Waals surface area (Å²) in [5, 5.41) is 16.1. The van der Waals surface area contributed by atoms with Gasteiger partial charge < -0.3 is 9.47 Å². The molecular formula is C22H19N3O4. The van der Waals surface area contributed by atoms with Crippen molar-refractivity contribution in [1.82, 2.24) is 9.78 Å². The summed E-state index contributed by atoms with van der Waals surface area (Å²) in [5.41, 5.74) is 4.84. The first-order chi connectivity index (χ1) is 13.9. The van der Waals surface area contributed by atoms with Crippen LogP contribution in [0.1, 0.15) is 29.3 Å². The molecule has 146 valence electrons. The number of nitro benzene ring substituents is 1. The predicted molar refractivity (Wildman–Crippen MR) is 107 cm³/mol. The van der Waals surface area contributed by atoms with Crippen LogP contribution in [0.15, 0.2) is 54.3 Å². The van der Waals surface area contributed by atoms with Crippen LogP contribution in [0.4, 0.5) is 5.69 Å². The van der Waals surface area contributed by atoms with Gasteiger partial charge in [0.15, 0.2) is 0 Å². The van der Waals surface area contributed by atoms with Crippen molar-refractivity contribution < 1.29 is 14.4 Å². The SMILES string of the molecule is Cc1ccc(-n2nc(C)c3c2OC=C2COc4ccc([N+](=O)[O-])cc4C23C)cc1. The van der Waals surface area contributed by atoms with Crippen molar-refractivity contribution in [2.24, 2.45) is 0 Å².